The third kappa shape index (κ3) is 3.25. The molecule has 0 aromatic heterocycles. The third-order valence-electron chi connectivity index (χ3n) is 4.63. The van der Waals surface area contributed by atoms with Crippen molar-refractivity contribution in [3.63, 3.8) is 0 Å². The Bertz CT molecular complexity index is 569. The molecule has 5 heteroatoms. The van der Waals surface area contributed by atoms with Crippen LogP contribution in [0.2, 0.25) is 5.02 Å². The molecule has 22 heavy (non-hydrogen) atoms. The monoisotopic (exact) mass is 322 g/mol. The summed E-state index contributed by atoms with van der Waals surface area (Å²) in [5.74, 6) is 0. The molecule has 2 rings (SSSR count). The summed E-state index contributed by atoms with van der Waals surface area (Å²) in [5, 5.41) is 10.5. The quantitative estimate of drug-likeness (QED) is 0.856. The number of hydrogen-bond donors (Lipinski definition) is 1. The molecule has 1 aliphatic heterocycles. The van der Waals surface area contributed by atoms with Crippen LogP contribution in [-0.4, -0.2) is 30.0 Å². The van der Waals surface area contributed by atoms with Crippen molar-refractivity contribution in [1.29, 1.82) is 0 Å². The van der Waals surface area contributed by atoms with Gasteiger partial charge in [0.2, 0.25) is 0 Å². The van der Waals surface area contributed by atoms with E-state index in [1.54, 1.807) is 0 Å². The van der Waals surface area contributed by atoms with Gasteiger partial charge in [0.05, 0.1) is 17.8 Å². The maximum atomic E-state index is 9.77. The second kappa shape index (κ2) is 6.01. The highest BCUT2D eigenvalue weighted by Gasteiger charge is 2.52. The Kier molecular flexibility index (Phi) is 4.79. The maximum absolute atomic E-state index is 9.77. The molecule has 1 saturated heterocycles. The molecule has 0 spiro atoms. The van der Waals surface area contributed by atoms with E-state index in [0.29, 0.717) is 10.5 Å². The Morgan fingerprint density at radius 1 is 1.14 bits per heavy atom. The second-order valence-electron chi connectivity index (χ2n) is 6.92. The first-order chi connectivity index (χ1) is 10.1. The molecular weight excluding hydrogens is 298 g/mol. The van der Waals surface area contributed by atoms with E-state index in [9.17, 15) is 5.11 Å². The molecule has 0 unspecified atom stereocenters. The molecule has 1 N–H and O–H groups in total. The molecule has 1 aliphatic rings. The van der Waals surface area contributed by atoms with Crippen LogP contribution in [0, 0.1) is 13.8 Å². The Hall–Kier alpha value is -0.805. The number of benzene rings is 1. The van der Waals surface area contributed by atoms with Crippen LogP contribution in [0.25, 0.3) is 6.08 Å². The number of aliphatic hydroxyl groups excluding tert-OH is 1. The number of aryl methyl sites for hydroxylation is 2. The summed E-state index contributed by atoms with van der Waals surface area (Å²) in [7, 11) is -0.538. The minimum Gasteiger partial charge on any atom is -0.400 e. The van der Waals surface area contributed by atoms with Gasteiger partial charge in [-0.15, -0.1) is 0 Å². The van der Waals surface area contributed by atoms with Crippen molar-refractivity contribution in [3.8, 4) is 0 Å². The second-order valence-corrected chi connectivity index (χ2v) is 7.36. The largest absolute Gasteiger partial charge is 0.492 e. The van der Waals surface area contributed by atoms with Crippen molar-refractivity contribution in [2.24, 2.45) is 0 Å². The van der Waals surface area contributed by atoms with Gasteiger partial charge in [0.25, 0.3) is 0 Å². The molecule has 1 heterocycles. The maximum Gasteiger partial charge on any atom is 0.492 e. The van der Waals surface area contributed by atoms with Gasteiger partial charge < -0.3 is 14.4 Å². The van der Waals surface area contributed by atoms with Crippen molar-refractivity contribution < 1.29 is 14.4 Å². The lowest BCUT2D eigenvalue weighted by Gasteiger charge is -2.32. The van der Waals surface area contributed by atoms with E-state index in [1.165, 1.54) is 0 Å². The number of halogens is 1. The van der Waals surface area contributed by atoms with Crippen molar-refractivity contribution in [3.05, 3.63) is 39.3 Å². The van der Waals surface area contributed by atoms with Crippen LogP contribution >= 0.6 is 11.6 Å². The van der Waals surface area contributed by atoms with Crippen LogP contribution in [0.5, 0.6) is 0 Å². The van der Waals surface area contributed by atoms with Gasteiger partial charge in [0.1, 0.15) is 0 Å². The van der Waals surface area contributed by atoms with Crippen molar-refractivity contribution in [1.82, 2.24) is 0 Å². The van der Waals surface area contributed by atoms with E-state index in [-0.39, 0.29) is 6.61 Å². The molecular formula is C17H24BClO3. The highest BCUT2D eigenvalue weighted by Crippen LogP contribution is 2.39. The molecule has 1 aromatic rings. The molecule has 1 aromatic carbocycles. The number of hydrogen-bond acceptors (Lipinski definition) is 3. The van der Waals surface area contributed by atoms with E-state index in [2.05, 4.69) is 0 Å². The first kappa shape index (κ1) is 17.5. The average Bonchev–Trinajstić information content (AvgIpc) is 2.57. The Balaban J connectivity index is 2.38. The fourth-order valence-corrected chi connectivity index (χ4v) is 2.84. The summed E-state index contributed by atoms with van der Waals surface area (Å²) >= 11 is 6.08. The van der Waals surface area contributed by atoms with Crippen LogP contribution in [-0.2, 0) is 9.31 Å². The van der Waals surface area contributed by atoms with Gasteiger partial charge in [0.15, 0.2) is 0 Å². The standard InChI is InChI=1S/C17H24BClO3/c1-11-7-14(19)8-12(2)15(11)9-13(10-20)18-21-16(3,4)17(5,6)22-18/h7-9,20H,10H2,1-6H3. The van der Waals surface area contributed by atoms with Gasteiger partial charge in [-0.3, -0.25) is 0 Å². The number of rotatable bonds is 3. The Morgan fingerprint density at radius 2 is 1.59 bits per heavy atom. The van der Waals surface area contributed by atoms with Gasteiger partial charge in [-0.1, -0.05) is 17.7 Å². The molecule has 1 fully saturated rings. The summed E-state index contributed by atoms with van der Waals surface area (Å²) < 4.78 is 12.0. The van der Waals surface area contributed by atoms with E-state index >= 15 is 0 Å². The van der Waals surface area contributed by atoms with Crippen LogP contribution in [0.15, 0.2) is 17.6 Å². The van der Waals surface area contributed by atoms with E-state index < -0.39 is 18.3 Å². The minimum atomic E-state index is -0.538. The average molecular weight is 323 g/mol. The van der Waals surface area contributed by atoms with Gasteiger partial charge in [-0.05, 0) is 75.8 Å². The number of aliphatic hydroxyl groups is 1. The Labute approximate surface area is 138 Å². The van der Waals surface area contributed by atoms with E-state index in [0.717, 1.165) is 16.7 Å². The molecule has 0 saturated carbocycles. The van der Waals surface area contributed by atoms with Gasteiger partial charge in [0, 0.05) is 5.02 Å². The minimum absolute atomic E-state index is 0.113. The summed E-state index contributed by atoms with van der Waals surface area (Å²) in [5.41, 5.74) is 3.04. The molecule has 0 amide bonds. The first-order valence-electron chi connectivity index (χ1n) is 7.51. The fraction of sp³-hybridized carbons (Fsp3) is 0.529. The molecule has 0 aliphatic carbocycles. The lowest BCUT2D eigenvalue weighted by Crippen LogP contribution is -2.41. The highest BCUT2D eigenvalue weighted by atomic mass is 35.5. The zero-order chi connectivity index (χ0) is 16.7. The first-order valence-corrected chi connectivity index (χ1v) is 7.89. The summed E-state index contributed by atoms with van der Waals surface area (Å²) in [6, 6.07) is 3.83. The lowest BCUT2D eigenvalue weighted by molar-refractivity contribution is 0.00578. The fourth-order valence-electron chi connectivity index (χ4n) is 2.52. The topological polar surface area (TPSA) is 38.7 Å². The zero-order valence-electron chi connectivity index (χ0n) is 14.2. The summed E-state index contributed by atoms with van der Waals surface area (Å²) in [4.78, 5) is 0. The lowest BCUT2D eigenvalue weighted by atomic mass is 9.77. The summed E-state index contributed by atoms with van der Waals surface area (Å²) in [6.45, 7) is 11.9. The van der Waals surface area contributed by atoms with Crippen molar-refractivity contribution >= 4 is 24.8 Å². The predicted molar refractivity (Wildman–Crippen MR) is 92.1 cm³/mol. The summed E-state index contributed by atoms with van der Waals surface area (Å²) in [6.07, 6.45) is 1.95. The van der Waals surface area contributed by atoms with Crippen LogP contribution < -0.4 is 0 Å². The predicted octanol–water partition coefficient (Wildman–Crippen LogP) is 3.96. The van der Waals surface area contributed by atoms with E-state index in [1.807, 2.05) is 59.8 Å². The van der Waals surface area contributed by atoms with Crippen LogP contribution in [0.4, 0.5) is 0 Å². The highest BCUT2D eigenvalue weighted by molar-refractivity contribution is 6.55. The van der Waals surface area contributed by atoms with Crippen LogP contribution in [0.3, 0.4) is 0 Å². The smallest absolute Gasteiger partial charge is 0.400 e. The van der Waals surface area contributed by atoms with Crippen molar-refractivity contribution in [2.75, 3.05) is 6.61 Å². The van der Waals surface area contributed by atoms with E-state index in [4.69, 9.17) is 20.9 Å². The third-order valence-corrected chi connectivity index (χ3v) is 4.84. The van der Waals surface area contributed by atoms with Crippen LogP contribution in [0.1, 0.15) is 44.4 Å². The molecule has 0 atom stereocenters. The Morgan fingerprint density at radius 3 is 2.00 bits per heavy atom. The van der Waals surface area contributed by atoms with Gasteiger partial charge in [-0.2, -0.15) is 0 Å². The van der Waals surface area contributed by atoms with Gasteiger partial charge >= 0.3 is 7.12 Å². The normalized spacial score (nSPS) is 20.5. The molecule has 0 bridgehead atoms. The molecule has 0 radical (unpaired) electrons. The molecule has 120 valence electrons. The van der Waals surface area contributed by atoms with Crippen molar-refractivity contribution in [2.45, 2.75) is 52.7 Å². The van der Waals surface area contributed by atoms with Gasteiger partial charge in [-0.25, -0.2) is 0 Å². The zero-order valence-corrected chi connectivity index (χ0v) is 14.9. The molecule has 3 nitrogen and oxygen atoms in total. The SMILES string of the molecule is Cc1cc(Cl)cc(C)c1C=C(CO)B1OC(C)(C)C(C)(C)O1.